The molecule has 0 radical (unpaired) electrons. The highest BCUT2D eigenvalue weighted by atomic mass is 16.4. The van der Waals surface area contributed by atoms with Crippen LogP contribution in [0.1, 0.15) is 25.7 Å². The molecule has 1 amide bonds. The van der Waals surface area contributed by atoms with E-state index in [1.54, 1.807) is 0 Å². The molecule has 4 nitrogen and oxygen atoms in total. The Kier molecular flexibility index (Phi) is 3.58. The Morgan fingerprint density at radius 3 is 2.78 bits per heavy atom. The van der Waals surface area contributed by atoms with Gasteiger partial charge in [0.2, 0.25) is 5.91 Å². The van der Waals surface area contributed by atoms with Gasteiger partial charge >= 0.3 is 5.97 Å². The molecule has 2 aliphatic rings. The topological polar surface area (TPSA) is 57.6 Å². The van der Waals surface area contributed by atoms with Crippen LogP contribution in [0.15, 0.2) is 0 Å². The summed E-state index contributed by atoms with van der Waals surface area (Å²) in [4.78, 5) is 24.8. The van der Waals surface area contributed by atoms with Crippen molar-refractivity contribution in [1.29, 1.82) is 0 Å². The summed E-state index contributed by atoms with van der Waals surface area (Å²) >= 11 is 0. The number of likely N-dealkylation sites (tertiary alicyclic amines) is 1. The summed E-state index contributed by atoms with van der Waals surface area (Å²) in [5.74, 6) is 6.48. The van der Waals surface area contributed by atoms with E-state index in [0.717, 1.165) is 12.8 Å². The van der Waals surface area contributed by atoms with Crippen molar-refractivity contribution in [3.05, 3.63) is 0 Å². The maximum absolute atomic E-state index is 12.2. The minimum atomic E-state index is -0.907. The molecule has 4 heteroatoms. The molecule has 1 saturated carbocycles. The van der Waals surface area contributed by atoms with Gasteiger partial charge in [0.05, 0.1) is 5.92 Å². The minimum Gasteiger partial charge on any atom is -0.480 e. The number of aliphatic carboxylic acids is 1. The Morgan fingerprint density at radius 1 is 1.33 bits per heavy atom. The zero-order valence-electron chi connectivity index (χ0n) is 10.1. The van der Waals surface area contributed by atoms with Gasteiger partial charge in [0, 0.05) is 12.5 Å². The second-order valence-corrected chi connectivity index (χ2v) is 4.74. The summed E-state index contributed by atoms with van der Waals surface area (Å²) in [6.45, 7) is 0.543. The summed E-state index contributed by atoms with van der Waals surface area (Å²) < 4.78 is 0. The van der Waals surface area contributed by atoms with Gasteiger partial charge in [-0.15, -0.1) is 6.42 Å². The molecule has 1 aliphatic heterocycles. The lowest BCUT2D eigenvalue weighted by atomic mass is 10.0. The molecule has 3 atom stereocenters. The van der Waals surface area contributed by atoms with Gasteiger partial charge in [-0.2, -0.15) is 0 Å². The molecule has 2 fully saturated rings. The first-order chi connectivity index (χ1) is 8.65. The average Bonchev–Trinajstić information content (AvgIpc) is 3.15. The first kappa shape index (κ1) is 12.5. The number of carbonyl (C=O) groups excluding carboxylic acids is 1. The fourth-order valence-corrected chi connectivity index (χ4v) is 2.43. The maximum Gasteiger partial charge on any atom is 0.326 e. The Morgan fingerprint density at radius 2 is 2.11 bits per heavy atom. The largest absolute Gasteiger partial charge is 0.480 e. The molecule has 0 spiro atoms. The van der Waals surface area contributed by atoms with Gasteiger partial charge in [-0.1, -0.05) is 5.92 Å². The Labute approximate surface area is 106 Å². The number of hydrogen-bond acceptors (Lipinski definition) is 2. The van der Waals surface area contributed by atoms with Crippen LogP contribution in [0.5, 0.6) is 0 Å². The molecular formula is C14H15NO3. The SMILES string of the molecule is C#CC#CC1CC1C(=O)N1CCCCC1C(=O)O. The Hall–Kier alpha value is -1.94. The maximum atomic E-state index is 12.2. The van der Waals surface area contributed by atoms with Crippen molar-refractivity contribution in [2.24, 2.45) is 11.8 Å². The molecule has 94 valence electrons. The monoisotopic (exact) mass is 245 g/mol. The summed E-state index contributed by atoms with van der Waals surface area (Å²) in [6.07, 6.45) is 8.03. The van der Waals surface area contributed by atoms with Crippen LogP contribution in [0.4, 0.5) is 0 Å². The Balaban J connectivity index is 2.00. The molecule has 0 bridgehead atoms. The molecule has 0 aromatic carbocycles. The highest BCUT2D eigenvalue weighted by Crippen LogP contribution is 2.40. The Bertz CT molecular complexity index is 466. The van der Waals surface area contributed by atoms with Crippen LogP contribution in [0, 0.1) is 36.0 Å². The molecule has 1 N–H and O–H groups in total. The van der Waals surface area contributed by atoms with Crippen molar-refractivity contribution in [2.45, 2.75) is 31.7 Å². The molecule has 1 aliphatic carbocycles. The van der Waals surface area contributed by atoms with Crippen LogP contribution in [0.2, 0.25) is 0 Å². The number of carboxylic acid groups (broad SMARTS) is 1. The molecule has 0 aromatic heterocycles. The van der Waals surface area contributed by atoms with Crippen molar-refractivity contribution < 1.29 is 14.7 Å². The van der Waals surface area contributed by atoms with E-state index in [-0.39, 0.29) is 17.7 Å². The van der Waals surface area contributed by atoms with Crippen LogP contribution in [0.25, 0.3) is 0 Å². The summed E-state index contributed by atoms with van der Waals surface area (Å²) in [5, 5.41) is 9.12. The molecule has 1 saturated heterocycles. The average molecular weight is 245 g/mol. The predicted octanol–water partition coefficient (Wildman–Crippen LogP) is 0.725. The van der Waals surface area contributed by atoms with E-state index >= 15 is 0 Å². The van der Waals surface area contributed by atoms with E-state index < -0.39 is 12.0 Å². The fourth-order valence-electron chi connectivity index (χ4n) is 2.43. The van der Waals surface area contributed by atoms with Crippen LogP contribution in [0.3, 0.4) is 0 Å². The summed E-state index contributed by atoms with van der Waals surface area (Å²) in [7, 11) is 0. The third kappa shape index (κ3) is 2.49. The number of rotatable bonds is 2. The van der Waals surface area contributed by atoms with E-state index in [9.17, 15) is 9.59 Å². The van der Waals surface area contributed by atoms with Crippen LogP contribution in [-0.4, -0.2) is 34.5 Å². The highest BCUT2D eigenvalue weighted by Gasteiger charge is 2.46. The predicted molar refractivity (Wildman–Crippen MR) is 65.2 cm³/mol. The van der Waals surface area contributed by atoms with Gasteiger partial charge in [0.25, 0.3) is 0 Å². The molecular weight excluding hydrogens is 230 g/mol. The highest BCUT2D eigenvalue weighted by molar-refractivity contribution is 5.87. The minimum absolute atomic E-state index is 0.0184. The number of amides is 1. The van der Waals surface area contributed by atoms with Crippen molar-refractivity contribution in [2.75, 3.05) is 6.54 Å². The van der Waals surface area contributed by atoms with E-state index in [4.69, 9.17) is 11.5 Å². The van der Waals surface area contributed by atoms with Gasteiger partial charge < -0.3 is 10.0 Å². The summed E-state index contributed by atoms with van der Waals surface area (Å²) in [5.41, 5.74) is 0. The summed E-state index contributed by atoms with van der Waals surface area (Å²) in [6, 6.07) is -0.659. The molecule has 3 unspecified atom stereocenters. The van der Waals surface area contributed by atoms with Gasteiger partial charge in [-0.25, -0.2) is 4.79 Å². The van der Waals surface area contributed by atoms with Gasteiger partial charge in [0.15, 0.2) is 0 Å². The van der Waals surface area contributed by atoms with Gasteiger partial charge in [-0.3, -0.25) is 4.79 Å². The number of piperidine rings is 1. The number of terminal acetylenes is 1. The van der Waals surface area contributed by atoms with E-state index in [1.165, 1.54) is 4.90 Å². The number of nitrogens with zero attached hydrogens (tertiary/aromatic N) is 1. The first-order valence-corrected chi connectivity index (χ1v) is 6.14. The molecule has 18 heavy (non-hydrogen) atoms. The quantitative estimate of drug-likeness (QED) is 0.729. The molecule has 2 rings (SSSR count). The van der Waals surface area contributed by atoms with Crippen LogP contribution in [-0.2, 0) is 9.59 Å². The zero-order valence-corrected chi connectivity index (χ0v) is 10.1. The van der Waals surface area contributed by atoms with E-state index in [2.05, 4.69) is 17.8 Å². The van der Waals surface area contributed by atoms with E-state index in [1.807, 2.05) is 0 Å². The lowest BCUT2D eigenvalue weighted by molar-refractivity contribution is -0.152. The van der Waals surface area contributed by atoms with Crippen LogP contribution >= 0.6 is 0 Å². The third-order valence-electron chi connectivity index (χ3n) is 3.51. The van der Waals surface area contributed by atoms with Crippen molar-refractivity contribution >= 4 is 11.9 Å². The van der Waals surface area contributed by atoms with Crippen molar-refractivity contribution in [3.8, 4) is 24.2 Å². The van der Waals surface area contributed by atoms with Gasteiger partial charge in [-0.05, 0) is 37.5 Å². The molecule has 1 heterocycles. The van der Waals surface area contributed by atoms with Crippen molar-refractivity contribution in [1.82, 2.24) is 4.90 Å². The first-order valence-electron chi connectivity index (χ1n) is 6.14. The lowest BCUT2D eigenvalue weighted by Gasteiger charge is -2.33. The lowest BCUT2D eigenvalue weighted by Crippen LogP contribution is -2.48. The standard InChI is InChI=1S/C14H15NO3/c1-2-3-6-10-9-11(10)13(16)15-8-5-4-7-12(15)14(17)18/h1,10-12H,4-5,7-9H2,(H,17,18). The normalized spacial score (nSPS) is 29.7. The second-order valence-electron chi connectivity index (χ2n) is 4.74. The van der Waals surface area contributed by atoms with Crippen molar-refractivity contribution in [3.63, 3.8) is 0 Å². The second kappa shape index (κ2) is 5.14. The zero-order chi connectivity index (χ0) is 13.1. The number of carboxylic acids is 1. The smallest absolute Gasteiger partial charge is 0.326 e. The molecule has 0 aromatic rings. The van der Waals surface area contributed by atoms with Gasteiger partial charge in [0.1, 0.15) is 6.04 Å². The van der Waals surface area contributed by atoms with Crippen LogP contribution < -0.4 is 0 Å². The third-order valence-corrected chi connectivity index (χ3v) is 3.51. The number of carbonyl (C=O) groups is 2. The van der Waals surface area contributed by atoms with E-state index in [0.29, 0.717) is 19.4 Å². The number of hydrogen-bond donors (Lipinski definition) is 1. The fraction of sp³-hybridized carbons (Fsp3) is 0.571.